The molecule has 4 heteroatoms. The predicted octanol–water partition coefficient (Wildman–Crippen LogP) is 1.87. The fraction of sp³-hybridized carbons (Fsp3) is 0.286. The first kappa shape index (κ1) is 8.49. The summed E-state index contributed by atoms with van der Waals surface area (Å²) in [6.07, 6.45) is 1.45. The lowest BCUT2D eigenvalue weighted by Crippen LogP contribution is -2.05. The van der Waals surface area contributed by atoms with Crippen LogP contribution in [0.15, 0.2) is 21.4 Å². The lowest BCUT2D eigenvalue weighted by Gasteiger charge is -1.94. The minimum atomic E-state index is -0.0897. The van der Waals surface area contributed by atoms with Crippen molar-refractivity contribution in [1.29, 1.82) is 0 Å². The lowest BCUT2D eigenvalue weighted by atomic mass is 10.2. The van der Waals surface area contributed by atoms with Gasteiger partial charge in [0.15, 0.2) is 10.5 Å². The van der Waals surface area contributed by atoms with Crippen LogP contribution < -0.4 is 0 Å². The van der Waals surface area contributed by atoms with Crippen LogP contribution >= 0.6 is 15.9 Å². The summed E-state index contributed by atoms with van der Waals surface area (Å²) in [5.41, 5.74) is 0.520. The molecule has 0 N–H and O–H groups in total. The van der Waals surface area contributed by atoms with E-state index in [0.29, 0.717) is 10.2 Å². The van der Waals surface area contributed by atoms with Crippen molar-refractivity contribution in [1.82, 2.24) is 0 Å². The average Bonchev–Trinajstić information content (AvgIpc) is 2.36. The van der Waals surface area contributed by atoms with Gasteiger partial charge < -0.3 is 9.15 Å². The van der Waals surface area contributed by atoms with Crippen molar-refractivity contribution in [3.63, 3.8) is 0 Å². The van der Waals surface area contributed by atoms with Crippen LogP contribution in [-0.4, -0.2) is 19.5 Å². The van der Waals surface area contributed by atoms with E-state index < -0.39 is 0 Å². The molecule has 0 aliphatic carbocycles. The quantitative estimate of drug-likeness (QED) is 0.728. The third kappa shape index (κ3) is 1.91. The molecule has 0 aliphatic heterocycles. The molecule has 0 aromatic carbocycles. The van der Waals surface area contributed by atoms with E-state index in [2.05, 4.69) is 20.7 Å². The summed E-state index contributed by atoms with van der Waals surface area (Å²) in [4.78, 5) is 11.1. The number of hydrogen-bond acceptors (Lipinski definition) is 3. The summed E-state index contributed by atoms with van der Waals surface area (Å²) in [5, 5.41) is 0. The third-order valence-corrected chi connectivity index (χ3v) is 1.81. The number of Topliss-reactive ketones (excluding diaryl/α,β-unsaturated/α-hetero) is 1. The SMILES string of the molecule is COCC(=O)c1ccoc1Br. The van der Waals surface area contributed by atoms with Gasteiger partial charge in [0.25, 0.3) is 0 Å². The highest BCUT2D eigenvalue weighted by Gasteiger charge is 2.11. The molecule has 1 rings (SSSR count). The summed E-state index contributed by atoms with van der Waals surface area (Å²) < 4.78 is 10.0. The van der Waals surface area contributed by atoms with E-state index in [1.54, 1.807) is 6.07 Å². The molecule has 11 heavy (non-hydrogen) atoms. The van der Waals surface area contributed by atoms with Gasteiger partial charge in [0.05, 0.1) is 11.8 Å². The maximum absolute atomic E-state index is 11.1. The van der Waals surface area contributed by atoms with Crippen molar-refractivity contribution < 1.29 is 13.9 Å². The van der Waals surface area contributed by atoms with Crippen LogP contribution in [-0.2, 0) is 4.74 Å². The molecule has 0 atom stereocenters. The Morgan fingerprint density at radius 2 is 2.55 bits per heavy atom. The van der Waals surface area contributed by atoms with Crippen molar-refractivity contribution >= 4 is 21.7 Å². The van der Waals surface area contributed by atoms with Gasteiger partial charge >= 0.3 is 0 Å². The van der Waals surface area contributed by atoms with Gasteiger partial charge in [-0.2, -0.15) is 0 Å². The van der Waals surface area contributed by atoms with E-state index in [-0.39, 0.29) is 12.4 Å². The molecule has 1 heterocycles. The van der Waals surface area contributed by atoms with Gasteiger partial charge in [-0.05, 0) is 22.0 Å². The van der Waals surface area contributed by atoms with Crippen LogP contribution in [0, 0.1) is 0 Å². The molecule has 0 saturated heterocycles. The Bertz CT molecular complexity index is 254. The van der Waals surface area contributed by atoms with Gasteiger partial charge in [0, 0.05) is 7.11 Å². The first-order valence-electron chi connectivity index (χ1n) is 3.01. The molecule has 0 fully saturated rings. The lowest BCUT2D eigenvalue weighted by molar-refractivity contribution is 0.0846. The van der Waals surface area contributed by atoms with Gasteiger partial charge in [0.1, 0.15) is 6.61 Å². The van der Waals surface area contributed by atoms with E-state index in [4.69, 9.17) is 4.42 Å². The summed E-state index contributed by atoms with van der Waals surface area (Å²) in [6, 6.07) is 1.60. The van der Waals surface area contributed by atoms with Crippen molar-refractivity contribution in [3.05, 3.63) is 22.6 Å². The first-order valence-corrected chi connectivity index (χ1v) is 3.80. The molecule has 0 unspecified atom stereocenters. The van der Waals surface area contributed by atoms with Gasteiger partial charge in [-0.3, -0.25) is 4.79 Å². The summed E-state index contributed by atoms with van der Waals surface area (Å²) in [7, 11) is 1.48. The fourth-order valence-electron chi connectivity index (χ4n) is 0.702. The summed E-state index contributed by atoms with van der Waals surface area (Å²) in [6.45, 7) is 0.0815. The van der Waals surface area contributed by atoms with Crippen molar-refractivity contribution in [3.8, 4) is 0 Å². The Kier molecular flexibility index (Phi) is 2.84. The Balaban J connectivity index is 2.76. The molecule has 0 amide bonds. The zero-order chi connectivity index (χ0) is 8.27. The van der Waals surface area contributed by atoms with Crippen LogP contribution in [0.3, 0.4) is 0 Å². The molecule has 0 radical (unpaired) electrons. The molecule has 60 valence electrons. The second-order valence-electron chi connectivity index (χ2n) is 1.96. The second kappa shape index (κ2) is 3.69. The number of methoxy groups -OCH3 is 1. The van der Waals surface area contributed by atoms with Gasteiger partial charge in [-0.25, -0.2) is 0 Å². The average molecular weight is 219 g/mol. The second-order valence-corrected chi connectivity index (χ2v) is 2.68. The fourth-order valence-corrected chi connectivity index (χ4v) is 1.16. The van der Waals surface area contributed by atoms with E-state index >= 15 is 0 Å². The van der Waals surface area contributed by atoms with Crippen molar-refractivity contribution in [2.24, 2.45) is 0 Å². The first-order chi connectivity index (χ1) is 5.25. The zero-order valence-corrected chi connectivity index (χ0v) is 7.55. The van der Waals surface area contributed by atoms with Gasteiger partial charge in [-0.15, -0.1) is 0 Å². The monoisotopic (exact) mass is 218 g/mol. The largest absolute Gasteiger partial charge is 0.457 e. The summed E-state index contributed by atoms with van der Waals surface area (Å²) in [5.74, 6) is -0.0897. The normalized spacial score (nSPS) is 10.0. The molecule has 0 saturated carbocycles. The molecule has 3 nitrogen and oxygen atoms in total. The molecule has 0 bridgehead atoms. The number of halogens is 1. The number of rotatable bonds is 3. The van der Waals surface area contributed by atoms with Crippen LogP contribution in [0.1, 0.15) is 10.4 Å². The number of hydrogen-bond donors (Lipinski definition) is 0. The molecule has 1 aromatic rings. The highest BCUT2D eigenvalue weighted by Crippen LogP contribution is 2.17. The zero-order valence-electron chi connectivity index (χ0n) is 5.96. The standard InChI is InChI=1S/C7H7BrO3/c1-10-4-6(9)5-2-3-11-7(5)8/h2-3H,4H2,1H3. The van der Waals surface area contributed by atoms with E-state index in [1.165, 1.54) is 13.4 Å². The Morgan fingerprint density at radius 1 is 1.82 bits per heavy atom. The van der Waals surface area contributed by atoms with Crippen molar-refractivity contribution in [2.45, 2.75) is 0 Å². The topological polar surface area (TPSA) is 39.4 Å². The van der Waals surface area contributed by atoms with Crippen LogP contribution in [0.4, 0.5) is 0 Å². The Hall–Kier alpha value is -0.610. The minimum Gasteiger partial charge on any atom is -0.457 e. The van der Waals surface area contributed by atoms with Crippen molar-refractivity contribution in [2.75, 3.05) is 13.7 Å². The number of carbonyl (C=O) groups is 1. The number of furan rings is 1. The summed E-state index contributed by atoms with van der Waals surface area (Å²) >= 11 is 3.09. The smallest absolute Gasteiger partial charge is 0.192 e. The van der Waals surface area contributed by atoms with Gasteiger partial charge in [-0.1, -0.05) is 0 Å². The van der Waals surface area contributed by atoms with E-state index in [0.717, 1.165) is 0 Å². The number of carbonyl (C=O) groups excluding carboxylic acids is 1. The third-order valence-electron chi connectivity index (χ3n) is 1.19. The predicted molar refractivity (Wildman–Crippen MR) is 42.6 cm³/mol. The van der Waals surface area contributed by atoms with Crippen LogP contribution in [0.25, 0.3) is 0 Å². The van der Waals surface area contributed by atoms with Crippen LogP contribution in [0.5, 0.6) is 0 Å². The number of ketones is 1. The maximum atomic E-state index is 11.1. The highest BCUT2D eigenvalue weighted by molar-refractivity contribution is 9.10. The Morgan fingerprint density at radius 3 is 3.00 bits per heavy atom. The molecule has 0 spiro atoms. The van der Waals surface area contributed by atoms with E-state index in [9.17, 15) is 4.79 Å². The van der Waals surface area contributed by atoms with Gasteiger partial charge in [0.2, 0.25) is 0 Å². The minimum absolute atomic E-state index is 0.0815. The number of ether oxygens (including phenoxy) is 1. The Labute approximate surface area is 72.5 Å². The van der Waals surface area contributed by atoms with E-state index in [1.807, 2.05) is 0 Å². The molecular weight excluding hydrogens is 212 g/mol. The molecular formula is C7H7BrO3. The van der Waals surface area contributed by atoms with Crippen LogP contribution in [0.2, 0.25) is 0 Å². The highest BCUT2D eigenvalue weighted by atomic mass is 79.9. The molecule has 1 aromatic heterocycles. The maximum Gasteiger partial charge on any atom is 0.192 e. The molecule has 0 aliphatic rings.